The van der Waals surface area contributed by atoms with Crippen LogP contribution in [0.15, 0.2) is 87.3 Å². The number of amides is 1. The van der Waals surface area contributed by atoms with Gasteiger partial charge in [0.05, 0.1) is 17.6 Å². The molecular formula is C26H20N4O3S3. The molecule has 0 saturated carbocycles. The van der Waals surface area contributed by atoms with Crippen LogP contribution in [-0.4, -0.2) is 37.4 Å². The number of carbonyl (C=O) groups is 1. The van der Waals surface area contributed by atoms with Crippen molar-refractivity contribution in [3.63, 3.8) is 0 Å². The van der Waals surface area contributed by atoms with Crippen LogP contribution < -0.4 is 4.74 Å². The van der Waals surface area contributed by atoms with Gasteiger partial charge < -0.3 is 9.15 Å². The van der Waals surface area contributed by atoms with Gasteiger partial charge in [0.2, 0.25) is 5.89 Å². The first kappa shape index (κ1) is 24.2. The Labute approximate surface area is 222 Å². The maximum atomic E-state index is 13.0. The van der Waals surface area contributed by atoms with E-state index in [4.69, 9.17) is 21.4 Å². The molecule has 0 aliphatic carbocycles. The molecule has 1 aliphatic heterocycles. The highest BCUT2D eigenvalue weighted by Crippen LogP contribution is 2.35. The van der Waals surface area contributed by atoms with Crippen LogP contribution in [0.25, 0.3) is 17.5 Å². The van der Waals surface area contributed by atoms with Gasteiger partial charge in [0.15, 0.2) is 0 Å². The van der Waals surface area contributed by atoms with Gasteiger partial charge in [0, 0.05) is 11.9 Å². The molecule has 3 heterocycles. The summed E-state index contributed by atoms with van der Waals surface area (Å²) in [5, 5.41) is 9.17. The predicted molar refractivity (Wildman–Crippen MR) is 145 cm³/mol. The fraction of sp³-hybridized carbons (Fsp3) is 0.115. The minimum absolute atomic E-state index is 0.102. The molecule has 1 aliphatic rings. The number of pyridine rings is 1. The van der Waals surface area contributed by atoms with Crippen molar-refractivity contribution in [1.29, 1.82) is 0 Å². The quantitative estimate of drug-likeness (QED) is 0.158. The number of methoxy groups -OCH3 is 1. The first-order valence-electron chi connectivity index (χ1n) is 10.9. The van der Waals surface area contributed by atoms with Gasteiger partial charge in [-0.15, -0.1) is 22.0 Å². The molecule has 0 atom stereocenters. The Hall–Kier alpha value is -3.47. The van der Waals surface area contributed by atoms with Gasteiger partial charge in [0.25, 0.3) is 11.8 Å². The fourth-order valence-corrected chi connectivity index (χ4v) is 5.64. The number of carbonyl (C=O) groups excluding carboxylic acids is 1. The van der Waals surface area contributed by atoms with Gasteiger partial charge in [-0.2, -0.15) is 0 Å². The molecule has 2 aromatic carbocycles. The maximum absolute atomic E-state index is 13.0. The van der Waals surface area contributed by atoms with E-state index in [1.807, 2.05) is 60.7 Å². The highest BCUT2D eigenvalue weighted by atomic mass is 32.2. The van der Waals surface area contributed by atoms with E-state index in [9.17, 15) is 4.79 Å². The Morgan fingerprint density at radius 1 is 1.08 bits per heavy atom. The average Bonchev–Trinajstić information content (AvgIpc) is 3.49. The maximum Gasteiger partial charge on any atom is 0.266 e. The second kappa shape index (κ2) is 11.1. The molecule has 0 bridgehead atoms. The SMILES string of the molecule is COc1ccc(/C=C2\SC(=S)N(Cc3nnc(-c4cccnc4SCc4ccccc4)o3)C2=O)cc1. The molecule has 10 heteroatoms. The number of thioether (sulfide) groups is 2. The number of hydrogen-bond acceptors (Lipinski definition) is 9. The van der Waals surface area contributed by atoms with Crippen molar-refractivity contribution in [3.8, 4) is 17.2 Å². The Balaban J connectivity index is 1.29. The number of thiocarbonyl (C=S) groups is 1. The van der Waals surface area contributed by atoms with Gasteiger partial charge in [-0.3, -0.25) is 9.69 Å². The van der Waals surface area contributed by atoms with Gasteiger partial charge >= 0.3 is 0 Å². The van der Waals surface area contributed by atoms with E-state index < -0.39 is 0 Å². The molecule has 7 nitrogen and oxygen atoms in total. The Morgan fingerprint density at radius 3 is 2.67 bits per heavy atom. The summed E-state index contributed by atoms with van der Waals surface area (Å²) in [6, 6.07) is 21.4. The van der Waals surface area contributed by atoms with Crippen molar-refractivity contribution in [2.75, 3.05) is 7.11 Å². The van der Waals surface area contributed by atoms with Crippen molar-refractivity contribution in [2.45, 2.75) is 17.3 Å². The summed E-state index contributed by atoms with van der Waals surface area (Å²) in [5.41, 5.74) is 2.83. The lowest BCUT2D eigenvalue weighted by molar-refractivity contribution is -0.122. The fourth-order valence-electron chi connectivity index (χ4n) is 3.44. The predicted octanol–water partition coefficient (Wildman–Crippen LogP) is 5.83. The van der Waals surface area contributed by atoms with Crippen molar-refractivity contribution in [2.24, 2.45) is 0 Å². The van der Waals surface area contributed by atoms with Crippen LogP contribution in [0.3, 0.4) is 0 Å². The van der Waals surface area contributed by atoms with E-state index in [0.717, 1.165) is 27.7 Å². The first-order valence-corrected chi connectivity index (χ1v) is 13.2. The summed E-state index contributed by atoms with van der Waals surface area (Å²) in [6.07, 6.45) is 3.55. The third-order valence-corrected chi connectivity index (χ3v) is 7.72. The van der Waals surface area contributed by atoms with Crippen LogP contribution in [0.2, 0.25) is 0 Å². The Kier molecular flexibility index (Phi) is 7.45. The summed E-state index contributed by atoms with van der Waals surface area (Å²) < 4.78 is 11.6. The molecular weight excluding hydrogens is 513 g/mol. The summed E-state index contributed by atoms with van der Waals surface area (Å²) in [6.45, 7) is 0.102. The highest BCUT2D eigenvalue weighted by Gasteiger charge is 2.33. The number of benzene rings is 2. The molecule has 4 aromatic rings. The molecule has 2 aromatic heterocycles. The molecule has 5 rings (SSSR count). The van der Waals surface area contributed by atoms with E-state index >= 15 is 0 Å². The van der Waals surface area contributed by atoms with Crippen LogP contribution in [0.1, 0.15) is 17.0 Å². The van der Waals surface area contributed by atoms with Crippen LogP contribution >= 0.6 is 35.7 Å². The molecule has 36 heavy (non-hydrogen) atoms. The van der Waals surface area contributed by atoms with E-state index in [1.54, 1.807) is 25.1 Å². The third kappa shape index (κ3) is 5.51. The summed E-state index contributed by atoms with van der Waals surface area (Å²) in [4.78, 5) is 19.5. The monoisotopic (exact) mass is 532 g/mol. The Morgan fingerprint density at radius 2 is 1.89 bits per heavy atom. The zero-order valence-electron chi connectivity index (χ0n) is 19.2. The zero-order chi connectivity index (χ0) is 24.9. The van der Waals surface area contributed by atoms with E-state index in [2.05, 4.69) is 27.3 Å². The lowest BCUT2D eigenvalue weighted by Crippen LogP contribution is -2.27. The average molecular weight is 533 g/mol. The molecule has 180 valence electrons. The molecule has 0 spiro atoms. The smallest absolute Gasteiger partial charge is 0.266 e. The normalized spacial score (nSPS) is 14.6. The van der Waals surface area contributed by atoms with Crippen LogP contribution in [0.5, 0.6) is 5.75 Å². The molecule has 1 amide bonds. The largest absolute Gasteiger partial charge is 0.497 e. The molecule has 1 saturated heterocycles. The number of rotatable bonds is 8. The zero-order valence-corrected chi connectivity index (χ0v) is 21.6. The van der Waals surface area contributed by atoms with Gasteiger partial charge in [-0.25, -0.2) is 4.98 Å². The Bertz CT molecular complexity index is 1420. The lowest BCUT2D eigenvalue weighted by atomic mass is 10.2. The van der Waals surface area contributed by atoms with Crippen LogP contribution in [0.4, 0.5) is 0 Å². The topological polar surface area (TPSA) is 81.3 Å². The summed E-state index contributed by atoms with van der Waals surface area (Å²) >= 11 is 8.30. The second-order valence-corrected chi connectivity index (χ2v) is 10.3. The van der Waals surface area contributed by atoms with Gasteiger partial charge in [0.1, 0.15) is 21.6 Å². The number of ether oxygens (including phenoxy) is 1. The van der Waals surface area contributed by atoms with E-state index in [0.29, 0.717) is 21.0 Å². The standard InChI is InChI=1S/C26H20N4O3S3/c1-32-19-11-9-17(10-12-19)14-21-25(31)30(26(34)36-21)15-22-28-29-23(33-22)20-8-5-13-27-24(20)35-16-18-6-3-2-4-7-18/h2-14H,15-16H2,1H3/b21-14-. The first-order chi connectivity index (χ1) is 17.6. The number of aromatic nitrogens is 3. The van der Waals surface area contributed by atoms with Crippen LogP contribution in [-0.2, 0) is 17.1 Å². The van der Waals surface area contributed by atoms with E-state index in [-0.39, 0.29) is 12.5 Å². The van der Waals surface area contributed by atoms with Gasteiger partial charge in [-0.05, 0) is 41.5 Å². The minimum Gasteiger partial charge on any atom is -0.497 e. The third-order valence-electron chi connectivity index (χ3n) is 5.27. The number of hydrogen-bond donors (Lipinski definition) is 0. The van der Waals surface area contributed by atoms with Crippen molar-refractivity contribution >= 4 is 52.0 Å². The van der Waals surface area contributed by atoms with E-state index in [1.165, 1.54) is 22.2 Å². The molecule has 0 radical (unpaired) electrons. The number of nitrogens with zero attached hydrogens (tertiary/aromatic N) is 4. The van der Waals surface area contributed by atoms with Crippen molar-refractivity contribution in [3.05, 3.63) is 94.8 Å². The molecule has 1 fully saturated rings. The van der Waals surface area contributed by atoms with Crippen LogP contribution in [0, 0.1) is 0 Å². The highest BCUT2D eigenvalue weighted by molar-refractivity contribution is 8.26. The second-order valence-electron chi connectivity index (χ2n) is 7.67. The molecule has 0 N–H and O–H groups in total. The summed E-state index contributed by atoms with van der Waals surface area (Å²) in [7, 11) is 1.61. The lowest BCUT2D eigenvalue weighted by Gasteiger charge is -2.11. The van der Waals surface area contributed by atoms with Gasteiger partial charge in [-0.1, -0.05) is 66.4 Å². The minimum atomic E-state index is -0.193. The van der Waals surface area contributed by atoms with Crippen molar-refractivity contribution < 1.29 is 13.9 Å². The van der Waals surface area contributed by atoms with Crippen molar-refractivity contribution in [1.82, 2.24) is 20.1 Å². The molecule has 0 unspecified atom stereocenters. The summed E-state index contributed by atoms with van der Waals surface area (Å²) in [5.74, 6) is 1.98.